The second kappa shape index (κ2) is 10.3. The fourth-order valence-corrected chi connectivity index (χ4v) is 3.97. The van der Waals surface area contributed by atoms with Gasteiger partial charge >= 0.3 is 0 Å². The van der Waals surface area contributed by atoms with Gasteiger partial charge in [0.15, 0.2) is 5.69 Å². The number of piperidine rings is 1. The molecule has 1 aliphatic heterocycles. The maximum atomic E-state index is 13.2. The van der Waals surface area contributed by atoms with Crippen LogP contribution in [0.5, 0.6) is 11.5 Å². The van der Waals surface area contributed by atoms with E-state index in [-0.39, 0.29) is 17.7 Å². The number of hydrogen-bond donors (Lipinski definition) is 0. The standard InChI is InChI=1S/C22H31N5O4/c1-5-25(6-2)22(29)19-15-27(24-23-19)14-16-8-7-11-26(13-16)21(28)18-12-17(30-3)9-10-20(18)31-4/h9-10,12,15-16H,5-8,11,13-14H2,1-4H3/t16-/m1/s1. The average Bonchev–Trinajstić information content (AvgIpc) is 3.27. The Labute approximate surface area is 182 Å². The summed E-state index contributed by atoms with van der Waals surface area (Å²) in [6.45, 7) is 7.06. The van der Waals surface area contributed by atoms with Gasteiger partial charge in [-0.2, -0.15) is 0 Å². The molecule has 31 heavy (non-hydrogen) atoms. The third kappa shape index (κ3) is 5.15. The van der Waals surface area contributed by atoms with Gasteiger partial charge in [0.1, 0.15) is 11.5 Å². The molecule has 1 aliphatic rings. The lowest BCUT2D eigenvalue weighted by atomic mass is 9.97. The lowest BCUT2D eigenvalue weighted by Gasteiger charge is -2.33. The van der Waals surface area contributed by atoms with Crippen molar-refractivity contribution >= 4 is 11.8 Å². The molecule has 1 aromatic heterocycles. The Morgan fingerprint density at radius 1 is 1.19 bits per heavy atom. The molecular formula is C22H31N5O4. The van der Waals surface area contributed by atoms with Crippen LogP contribution in [-0.2, 0) is 6.54 Å². The van der Waals surface area contributed by atoms with Gasteiger partial charge in [0.2, 0.25) is 0 Å². The van der Waals surface area contributed by atoms with Crippen molar-refractivity contribution in [3.05, 3.63) is 35.7 Å². The zero-order chi connectivity index (χ0) is 22.4. The fourth-order valence-electron chi connectivity index (χ4n) is 3.97. The fraction of sp³-hybridized carbons (Fsp3) is 0.545. The summed E-state index contributed by atoms with van der Waals surface area (Å²) in [4.78, 5) is 29.2. The highest BCUT2D eigenvalue weighted by molar-refractivity contribution is 5.97. The molecule has 1 aromatic carbocycles. The van der Waals surface area contributed by atoms with E-state index in [9.17, 15) is 9.59 Å². The summed E-state index contributed by atoms with van der Waals surface area (Å²) in [7, 11) is 3.13. The minimum atomic E-state index is -0.109. The molecule has 0 radical (unpaired) electrons. The number of nitrogens with zero attached hydrogens (tertiary/aromatic N) is 5. The molecule has 3 rings (SSSR count). The Hall–Kier alpha value is -3.10. The maximum absolute atomic E-state index is 13.2. The van der Waals surface area contributed by atoms with Crippen LogP contribution in [0.25, 0.3) is 0 Å². The van der Waals surface area contributed by atoms with Crippen LogP contribution in [0.4, 0.5) is 0 Å². The van der Waals surface area contributed by atoms with Crippen molar-refractivity contribution in [1.82, 2.24) is 24.8 Å². The monoisotopic (exact) mass is 429 g/mol. The molecule has 0 aliphatic carbocycles. The summed E-state index contributed by atoms with van der Waals surface area (Å²) in [5, 5.41) is 8.19. The third-order valence-corrected chi connectivity index (χ3v) is 5.70. The van der Waals surface area contributed by atoms with E-state index < -0.39 is 0 Å². The molecule has 9 nitrogen and oxygen atoms in total. The van der Waals surface area contributed by atoms with Crippen molar-refractivity contribution in [3.63, 3.8) is 0 Å². The van der Waals surface area contributed by atoms with Gasteiger partial charge < -0.3 is 19.3 Å². The topological polar surface area (TPSA) is 89.8 Å². The van der Waals surface area contributed by atoms with E-state index in [0.29, 0.717) is 55.5 Å². The van der Waals surface area contributed by atoms with Crippen LogP contribution in [0.3, 0.4) is 0 Å². The summed E-state index contributed by atoms with van der Waals surface area (Å²) in [6, 6.07) is 5.24. The van der Waals surface area contributed by atoms with Crippen LogP contribution in [-0.4, -0.2) is 77.0 Å². The Kier molecular flexibility index (Phi) is 7.49. The van der Waals surface area contributed by atoms with Crippen LogP contribution >= 0.6 is 0 Å². The van der Waals surface area contributed by atoms with Gasteiger partial charge in [-0.05, 0) is 50.8 Å². The average molecular weight is 430 g/mol. The summed E-state index contributed by atoms with van der Waals surface area (Å²) < 4.78 is 12.4. The number of hydrogen-bond acceptors (Lipinski definition) is 6. The number of carbonyl (C=O) groups excluding carboxylic acids is 2. The molecule has 1 atom stereocenters. The van der Waals surface area contributed by atoms with E-state index in [0.717, 1.165) is 12.8 Å². The van der Waals surface area contributed by atoms with E-state index in [4.69, 9.17) is 9.47 Å². The first-order valence-corrected chi connectivity index (χ1v) is 10.7. The molecule has 9 heteroatoms. The highest BCUT2D eigenvalue weighted by Gasteiger charge is 2.27. The predicted molar refractivity (Wildman–Crippen MR) is 115 cm³/mol. The molecule has 0 N–H and O–H groups in total. The molecular weight excluding hydrogens is 398 g/mol. The molecule has 0 unspecified atom stereocenters. The molecule has 0 saturated carbocycles. The first-order chi connectivity index (χ1) is 15.0. The lowest BCUT2D eigenvalue weighted by Crippen LogP contribution is -2.41. The minimum absolute atomic E-state index is 0.0727. The number of carbonyl (C=O) groups is 2. The Bertz CT molecular complexity index is 909. The number of aromatic nitrogens is 3. The van der Waals surface area contributed by atoms with Gasteiger partial charge in [-0.25, -0.2) is 0 Å². The Morgan fingerprint density at radius 2 is 1.97 bits per heavy atom. The van der Waals surface area contributed by atoms with Gasteiger partial charge in [-0.15, -0.1) is 5.10 Å². The van der Waals surface area contributed by atoms with Crippen molar-refractivity contribution in [2.75, 3.05) is 40.4 Å². The first-order valence-electron chi connectivity index (χ1n) is 10.7. The zero-order valence-electron chi connectivity index (χ0n) is 18.7. The summed E-state index contributed by atoms with van der Waals surface area (Å²) in [5.74, 6) is 1.19. The number of likely N-dealkylation sites (tertiary alicyclic amines) is 1. The third-order valence-electron chi connectivity index (χ3n) is 5.70. The van der Waals surface area contributed by atoms with Crippen LogP contribution in [0, 0.1) is 5.92 Å². The van der Waals surface area contributed by atoms with Crippen LogP contribution in [0.2, 0.25) is 0 Å². The lowest BCUT2D eigenvalue weighted by molar-refractivity contribution is 0.0655. The van der Waals surface area contributed by atoms with E-state index >= 15 is 0 Å². The van der Waals surface area contributed by atoms with Crippen molar-refractivity contribution in [2.45, 2.75) is 33.2 Å². The second-order valence-corrected chi connectivity index (χ2v) is 7.63. The molecule has 0 spiro atoms. The Morgan fingerprint density at radius 3 is 2.65 bits per heavy atom. The van der Waals surface area contributed by atoms with E-state index in [1.807, 2.05) is 18.7 Å². The SMILES string of the molecule is CCN(CC)C(=O)c1cn(C[C@@H]2CCCN(C(=O)c3cc(OC)ccc3OC)C2)nn1. The molecule has 1 saturated heterocycles. The smallest absolute Gasteiger partial charge is 0.276 e. The number of rotatable bonds is 8. The molecule has 2 amide bonds. The largest absolute Gasteiger partial charge is 0.497 e. The second-order valence-electron chi connectivity index (χ2n) is 7.63. The Balaban J connectivity index is 1.68. The normalized spacial score (nSPS) is 16.1. The van der Waals surface area contributed by atoms with Gasteiger partial charge in [0, 0.05) is 32.7 Å². The van der Waals surface area contributed by atoms with Crippen LogP contribution in [0.15, 0.2) is 24.4 Å². The summed E-state index contributed by atoms with van der Waals surface area (Å²) in [6.07, 6.45) is 3.59. The molecule has 2 aromatic rings. The van der Waals surface area contributed by atoms with Crippen molar-refractivity contribution < 1.29 is 19.1 Å². The summed E-state index contributed by atoms with van der Waals surface area (Å²) >= 11 is 0. The number of benzene rings is 1. The van der Waals surface area contributed by atoms with Gasteiger partial charge in [-0.3, -0.25) is 14.3 Å². The maximum Gasteiger partial charge on any atom is 0.276 e. The van der Waals surface area contributed by atoms with Crippen LogP contribution in [0.1, 0.15) is 47.5 Å². The molecule has 0 bridgehead atoms. The van der Waals surface area contributed by atoms with Crippen LogP contribution < -0.4 is 9.47 Å². The number of methoxy groups -OCH3 is 2. The summed E-state index contributed by atoms with van der Waals surface area (Å²) in [5.41, 5.74) is 0.851. The number of ether oxygens (including phenoxy) is 2. The van der Waals surface area contributed by atoms with Crippen molar-refractivity contribution in [2.24, 2.45) is 5.92 Å². The van der Waals surface area contributed by atoms with Gasteiger partial charge in [-0.1, -0.05) is 5.21 Å². The predicted octanol–water partition coefficient (Wildman–Crippen LogP) is 2.33. The van der Waals surface area contributed by atoms with Crippen molar-refractivity contribution in [3.8, 4) is 11.5 Å². The molecule has 168 valence electrons. The van der Waals surface area contributed by atoms with Gasteiger partial charge in [0.05, 0.1) is 26.0 Å². The van der Waals surface area contributed by atoms with E-state index in [2.05, 4.69) is 10.3 Å². The number of amides is 2. The van der Waals surface area contributed by atoms with Gasteiger partial charge in [0.25, 0.3) is 11.8 Å². The van der Waals surface area contributed by atoms with E-state index in [1.165, 1.54) is 0 Å². The molecule has 1 fully saturated rings. The molecule has 2 heterocycles. The quantitative estimate of drug-likeness (QED) is 0.640. The zero-order valence-corrected chi connectivity index (χ0v) is 18.7. The minimum Gasteiger partial charge on any atom is -0.497 e. The highest BCUT2D eigenvalue weighted by atomic mass is 16.5. The van der Waals surface area contributed by atoms with Crippen molar-refractivity contribution in [1.29, 1.82) is 0 Å². The highest BCUT2D eigenvalue weighted by Crippen LogP contribution is 2.27. The first kappa shape index (κ1) is 22.6. The van der Waals surface area contributed by atoms with E-state index in [1.54, 1.807) is 48.2 Å².